The van der Waals surface area contributed by atoms with Gasteiger partial charge in [0, 0.05) is 6.42 Å². The van der Waals surface area contributed by atoms with E-state index in [0.29, 0.717) is 18.4 Å². The van der Waals surface area contributed by atoms with Gasteiger partial charge in [-0.05, 0) is 92.9 Å². The van der Waals surface area contributed by atoms with Crippen molar-refractivity contribution >= 4 is 11.8 Å². The number of cyclic esters (lactones) is 1. The van der Waals surface area contributed by atoms with Crippen LogP contribution < -0.4 is 0 Å². The first kappa shape index (κ1) is 23.6. The van der Waals surface area contributed by atoms with Crippen molar-refractivity contribution < 1.29 is 34.4 Å². The van der Waals surface area contributed by atoms with Crippen LogP contribution in [0.4, 0.5) is 0 Å². The molecule has 0 aromatic heterocycles. The number of epoxide rings is 1. The van der Waals surface area contributed by atoms with E-state index in [0.717, 1.165) is 36.0 Å². The van der Waals surface area contributed by atoms with Crippen molar-refractivity contribution in [2.24, 2.45) is 28.6 Å². The standard InChI is InChI=1S/C28H36O7/c1-13-9-20(34-25(33)16(13)12-29)14(2)24-19(30)11-18-15-10-23-28(35-23)22(32)6-5-21(31)27(28,4)17(15)7-8-26(18,24)3/h5-6,15,17-20,22-23,29-30,32H,7-12H2,1-4H3/b24-14-/t15-,17+,18+,19+,20-,22+,23-,26+,27+,28-/m1/s1. The molecule has 0 aromatic rings. The SMILES string of the molecule is CC1=C(CO)C(=O)O[C@@H](/C(C)=C2/[C@@H](O)C[C@H]3[C@@H]4C[C@H]5O[C@]56[C@@H](O)C=CC(=O)[C@]6(C)[C@H]4CC[C@]23C)C1. The van der Waals surface area contributed by atoms with E-state index in [1.165, 1.54) is 6.08 Å². The van der Waals surface area contributed by atoms with E-state index in [1.807, 2.05) is 20.8 Å². The Labute approximate surface area is 205 Å². The van der Waals surface area contributed by atoms with Crippen LogP contribution in [0, 0.1) is 28.6 Å². The van der Waals surface area contributed by atoms with Crippen LogP contribution in [0.25, 0.3) is 0 Å². The summed E-state index contributed by atoms with van der Waals surface area (Å²) in [6.45, 7) is 7.71. The molecule has 10 atom stereocenters. The highest BCUT2D eigenvalue weighted by Crippen LogP contribution is 2.72. The van der Waals surface area contributed by atoms with Crippen LogP contribution in [0.3, 0.4) is 0 Å². The molecule has 6 aliphatic rings. The number of carbonyl (C=O) groups excluding carboxylic acids is 2. The lowest BCUT2D eigenvalue weighted by atomic mass is 9.45. The first-order chi connectivity index (χ1) is 16.5. The lowest BCUT2D eigenvalue weighted by molar-refractivity contribution is -0.148. The molecule has 6 rings (SSSR count). The number of aliphatic hydroxyl groups excluding tert-OH is 3. The molecule has 7 heteroatoms. The van der Waals surface area contributed by atoms with Gasteiger partial charge in [0.15, 0.2) is 5.78 Å². The van der Waals surface area contributed by atoms with Gasteiger partial charge in [0.25, 0.3) is 0 Å². The third-order valence-corrected chi connectivity index (χ3v) is 11.0. The summed E-state index contributed by atoms with van der Waals surface area (Å²) >= 11 is 0. The van der Waals surface area contributed by atoms with E-state index in [9.17, 15) is 24.9 Å². The van der Waals surface area contributed by atoms with Crippen LogP contribution in [-0.2, 0) is 19.1 Å². The molecule has 7 nitrogen and oxygen atoms in total. The lowest BCUT2D eigenvalue weighted by Gasteiger charge is -2.57. The maximum absolute atomic E-state index is 13.3. The molecule has 2 heterocycles. The molecule has 3 N–H and O–H groups in total. The summed E-state index contributed by atoms with van der Waals surface area (Å²) in [4.78, 5) is 25.8. The minimum atomic E-state index is -0.801. The fraction of sp³-hybridized carbons (Fsp3) is 0.714. The molecule has 4 aliphatic carbocycles. The highest BCUT2D eigenvalue weighted by molar-refractivity contribution is 5.98. The van der Waals surface area contributed by atoms with Crippen molar-refractivity contribution in [3.05, 3.63) is 34.4 Å². The molecule has 1 saturated heterocycles. The van der Waals surface area contributed by atoms with Gasteiger partial charge in [-0.15, -0.1) is 0 Å². The molecule has 0 unspecified atom stereocenters. The van der Waals surface area contributed by atoms with E-state index in [2.05, 4.69) is 6.92 Å². The van der Waals surface area contributed by atoms with Gasteiger partial charge in [0.1, 0.15) is 17.8 Å². The van der Waals surface area contributed by atoms with Crippen LogP contribution in [0.1, 0.15) is 59.8 Å². The zero-order chi connectivity index (χ0) is 25.1. The summed E-state index contributed by atoms with van der Waals surface area (Å²) < 4.78 is 11.9. The third kappa shape index (κ3) is 2.76. The van der Waals surface area contributed by atoms with Crippen LogP contribution >= 0.6 is 0 Å². The van der Waals surface area contributed by atoms with Crippen molar-refractivity contribution in [3.63, 3.8) is 0 Å². The van der Waals surface area contributed by atoms with Gasteiger partial charge in [-0.3, -0.25) is 4.79 Å². The Balaban J connectivity index is 1.36. The number of hydrogen-bond acceptors (Lipinski definition) is 7. The number of fused-ring (bicyclic) bond motifs is 4. The third-order valence-electron chi connectivity index (χ3n) is 11.0. The van der Waals surface area contributed by atoms with E-state index >= 15 is 0 Å². The molecule has 0 aromatic carbocycles. The van der Waals surface area contributed by atoms with Crippen molar-refractivity contribution in [3.8, 4) is 0 Å². The smallest absolute Gasteiger partial charge is 0.336 e. The van der Waals surface area contributed by atoms with Gasteiger partial charge < -0.3 is 24.8 Å². The molecule has 0 amide bonds. The Bertz CT molecular complexity index is 1100. The van der Waals surface area contributed by atoms with E-state index in [4.69, 9.17) is 9.47 Å². The van der Waals surface area contributed by atoms with E-state index in [-0.39, 0.29) is 41.7 Å². The number of rotatable bonds is 2. The second kappa shape index (κ2) is 7.37. The maximum atomic E-state index is 13.3. The van der Waals surface area contributed by atoms with Gasteiger partial charge >= 0.3 is 5.97 Å². The van der Waals surface area contributed by atoms with Crippen molar-refractivity contribution in [1.82, 2.24) is 0 Å². The quantitative estimate of drug-likeness (QED) is 0.313. The zero-order valence-corrected chi connectivity index (χ0v) is 20.9. The van der Waals surface area contributed by atoms with Crippen molar-refractivity contribution in [1.29, 1.82) is 0 Å². The highest BCUT2D eigenvalue weighted by atomic mass is 16.6. The first-order valence-electron chi connectivity index (χ1n) is 13.0. The number of ketones is 1. The van der Waals surface area contributed by atoms with Crippen molar-refractivity contribution in [2.75, 3.05) is 6.61 Å². The number of esters is 1. The van der Waals surface area contributed by atoms with E-state index < -0.39 is 35.3 Å². The van der Waals surface area contributed by atoms with Gasteiger partial charge in [-0.2, -0.15) is 0 Å². The number of hydrogen-bond donors (Lipinski definition) is 3. The van der Waals surface area contributed by atoms with E-state index in [1.54, 1.807) is 6.08 Å². The summed E-state index contributed by atoms with van der Waals surface area (Å²) in [6.07, 6.45) is 4.71. The van der Waals surface area contributed by atoms with Crippen LogP contribution in [0.5, 0.6) is 0 Å². The van der Waals surface area contributed by atoms with Crippen LogP contribution in [0.15, 0.2) is 34.4 Å². The predicted octanol–water partition coefficient (Wildman–Crippen LogP) is 2.39. The molecule has 0 radical (unpaired) electrons. The Kier molecular flexibility index (Phi) is 4.97. The summed E-state index contributed by atoms with van der Waals surface area (Å²) in [5.74, 6) is 0.0377. The Hall–Kier alpha value is -1.80. The Morgan fingerprint density at radius 2 is 1.91 bits per heavy atom. The highest BCUT2D eigenvalue weighted by Gasteiger charge is 2.80. The average Bonchev–Trinajstić information content (AvgIpc) is 3.47. The zero-order valence-electron chi connectivity index (χ0n) is 20.9. The molecular formula is C28H36O7. The topological polar surface area (TPSA) is 117 Å². The minimum absolute atomic E-state index is 0.0464. The minimum Gasteiger partial charge on any atom is -0.454 e. The second-order valence-corrected chi connectivity index (χ2v) is 12.2. The number of allylic oxidation sites excluding steroid dienone is 1. The largest absolute Gasteiger partial charge is 0.454 e. The Morgan fingerprint density at radius 1 is 1.17 bits per heavy atom. The number of ether oxygens (including phenoxy) is 2. The second-order valence-electron chi connectivity index (χ2n) is 12.2. The fourth-order valence-corrected chi connectivity index (χ4v) is 9.16. The summed E-state index contributed by atoms with van der Waals surface area (Å²) in [6, 6.07) is 0. The van der Waals surface area contributed by atoms with Crippen LogP contribution in [-0.4, -0.2) is 63.7 Å². The number of carbonyl (C=O) groups is 2. The molecule has 190 valence electrons. The van der Waals surface area contributed by atoms with Gasteiger partial charge in [-0.25, -0.2) is 4.79 Å². The summed E-state index contributed by atoms with van der Waals surface area (Å²) in [5, 5.41) is 31.7. The van der Waals surface area contributed by atoms with Gasteiger partial charge in [0.2, 0.25) is 0 Å². The average molecular weight is 485 g/mol. The fourth-order valence-electron chi connectivity index (χ4n) is 9.16. The maximum Gasteiger partial charge on any atom is 0.336 e. The molecule has 3 saturated carbocycles. The van der Waals surface area contributed by atoms with Crippen molar-refractivity contribution in [2.45, 2.75) is 89.8 Å². The van der Waals surface area contributed by atoms with Gasteiger partial charge in [-0.1, -0.05) is 12.5 Å². The monoisotopic (exact) mass is 484 g/mol. The molecule has 35 heavy (non-hydrogen) atoms. The first-order valence-corrected chi connectivity index (χ1v) is 13.0. The molecular weight excluding hydrogens is 448 g/mol. The molecule has 4 fully saturated rings. The molecule has 0 bridgehead atoms. The summed E-state index contributed by atoms with van der Waals surface area (Å²) in [7, 11) is 0. The van der Waals surface area contributed by atoms with Gasteiger partial charge in [0.05, 0.1) is 29.8 Å². The lowest BCUT2D eigenvalue weighted by Crippen LogP contribution is -2.63. The normalized spacial score (nSPS) is 51.8. The molecule has 2 aliphatic heterocycles. The Morgan fingerprint density at radius 3 is 2.60 bits per heavy atom. The number of aliphatic hydroxyl groups is 3. The van der Waals surface area contributed by atoms with Crippen LogP contribution in [0.2, 0.25) is 0 Å². The summed E-state index contributed by atoms with van der Waals surface area (Å²) in [5.41, 5.74) is 1.23. The predicted molar refractivity (Wildman–Crippen MR) is 126 cm³/mol. The molecule has 1 spiro atoms.